The second-order valence-electron chi connectivity index (χ2n) is 4.89. The molecule has 19 heavy (non-hydrogen) atoms. The van der Waals surface area contributed by atoms with Crippen LogP contribution in [0.15, 0.2) is 24.3 Å². The van der Waals surface area contributed by atoms with Gasteiger partial charge >= 0.3 is 5.97 Å². The number of methoxy groups -OCH3 is 1. The molecule has 0 aromatic heterocycles. The number of ether oxygens (including phenoxy) is 1. The van der Waals surface area contributed by atoms with Crippen LogP contribution in [-0.2, 0) is 19.7 Å². The molecule has 5 heteroatoms. The van der Waals surface area contributed by atoms with E-state index in [9.17, 15) is 14.0 Å². The molecule has 4 nitrogen and oxygen atoms in total. The van der Waals surface area contributed by atoms with Crippen LogP contribution in [0.1, 0.15) is 25.8 Å². The van der Waals surface area contributed by atoms with Crippen LogP contribution in [0.2, 0.25) is 0 Å². The zero-order valence-corrected chi connectivity index (χ0v) is 11.3. The third-order valence-electron chi connectivity index (χ3n) is 2.86. The molecule has 0 spiro atoms. The van der Waals surface area contributed by atoms with Crippen molar-refractivity contribution >= 4 is 11.9 Å². The molecule has 104 valence electrons. The van der Waals surface area contributed by atoms with Crippen LogP contribution in [0.25, 0.3) is 0 Å². The zero-order chi connectivity index (χ0) is 14.5. The Morgan fingerprint density at radius 1 is 1.32 bits per heavy atom. The molecular formula is C14H18FNO3. The lowest BCUT2D eigenvalue weighted by Crippen LogP contribution is -2.38. The van der Waals surface area contributed by atoms with E-state index < -0.39 is 17.3 Å². The summed E-state index contributed by atoms with van der Waals surface area (Å²) in [6.07, 6.45) is -0.330. The van der Waals surface area contributed by atoms with Gasteiger partial charge in [0.2, 0.25) is 5.91 Å². The van der Waals surface area contributed by atoms with E-state index in [4.69, 9.17) is 0 Å². The highest BCUT2D eigenvalue weighted by molar-refractivity contribution is 5.94. The predicted molar refractivity (Wildman–Crippen MR) is 69.1 cm³/mol. The molecule has 0 unspecified atom stereocenters. The summed E-state index contributed by atoms with van der Waals surface area (Å²) in [6, 6.07) is 6.43. The molecule has 1 amide bonds. The minimum Gasteiger partial charge on any atom is -0.469 e. The summed E-state index contributed by atoms with van der Waals surface area (Å²) < 4.78 is 18.1. The molecule has 0 saturated heterocycles. The fourth-order valence-electron chi connectivity index (χ4n) is 1.69. The smallest absolute Gasteiger partial charge is 0.315 e. The first kappa shape index (κ1) is 15.1. The number of rotatable bonds is 5. The average Bonchev–Trinajstić information content (AvgIpc) is 2.36. The van der Waals surface area contributed by atoms with Gasteiger partial charge in [0, 0.05) is 12.0 Å². The van der Waals surface area contributed by atoms with Crippen molar-refractivity contribution in [2.45, 2.75) is 25.7 Å². The molecule has 0 atom stereocenters. The van der Waals surface area contributed by atoms with Gasteiger partial charge in [-0.2, -0.15) is 0 Å². The second kappa shape index (κ2) is 6.31. The number of carbonyl (C=O) groups excluding carboxylic acids is 2. The second-order valence-corrected chi connectivity index (χ2v) is 4.89. The van der Waals surface area contributed by atoms with Crippen LogP contribution >= 0.6 is 0 Å². The molecule has 1 rings (SSSR count). The normalized spacial score (nSPS) is 10.9. The van der Waals surface area contributed by atoms with Crippen molar-refractivity contribution in [2.24, 2.45) is 0 Å². The lowest BCUT2D eigenvalue weighted by molar-refractivity contribution is -0.143. The van der Waals surface area contributed by atoms with Crippen LogP contribution < -0.4 is 5.32 Å². The van der Waals surface area contributed by atoms with E-state index in [1.54, 1.807) is 18.2 Å². The van der Waals surface area contributed by atoms with Crippen LogP contribution in [0.4, 0.5) is 4.39 Å². The van der Waals surface area contributed by atoms with Crippen molar-refractivity contribution < 1.29 is 18.7 Å². The number of hydrogen-bond acceptors (Lipinski definition) is 3. The Morgan fingerprint density at radius 2 is 1.95 bits per heavy atom. The van der Waals surface area contributed by atoms with Gasteiger partial charge in [0.25, 0.3) is 0 Å². The summed E-state index contributed by atoms with van der Waals surface area (Å²) in [5.41, 5.74) is -0.0368. The topological polar surface area (TPSA) is 55.4 Å². The molecule has 1 aromatic rings. The molecule has 1 N–H and O–H groups in total. The molecule has 0 saturated carbocycles. The summed E-state index contributed by atoms with van der Waals surface area (Å²) >= 11 is 0. The number of esters is 1. The maximum atomic E-state index is 13.7. The third kappa shape index (κ3) is 4.35. The van der Waals surface area contributed by atoms with Gasteiger partial charge in [-0.1, -0.05) is 32.0 Å². The van der Waals surface area contributed by atoms with Gasteiger partial charge in [-0.05, 0) is 11.6 Å². The fraction of sp³-hybridized carbons (Fsp3) is 0.429. The number of benzene rings is 1. The summed E-state index contributed by atoms with van der Waals surface area (Å²) in [6.45, 7) is 3.89. The summed E-state index contributed by atoms with van der Waals surface area (Å²) in [4.78, 5) is 22.4. The average molecular weight is 267 g/mol. The first-order valence-electron chi connectivity index (χ1n) is 5.95. The van der Waals surface area contributed by atoms with Gasteiger partial charge < -0.3 is 10.1 Å². The summed E-state index contributed by atoms with van der Waals surface area (Å²) in [7, 11) is 1.22. The standard InChI is InChI=1S/C14H18FNO3/c1-14(2,10-6-4-5-7-11(10)15)9-16-12(17)8-13(18)19-3/h4-7H,8-9H2,1-3H3,(H,16,17). The predicted octanol–water partition coefficient (Wildman–Crippen LogP) is 1.78. The van der Waals surface area contributed by atoms with E-state index in [0.29, 0.717) is 5.56 Å². The van der Waals surface area contributed by atoms with E-state index in [1.165, 1.54) is 13.2 Å². The Balaban J connectivity index is 2.63. The fourth-order valence-corrected chi connectivity index (χ4v) is 1.69. The highest BCUT2D eigenvalue weighted by atomic mass is 19.1. The quantitative estimate of drug-likeness (QED) is 0.653. The molecule has 0 aliphatic heterocycles. The Morgan fingerprint density at radius 3 is 2.53 bits per heavy atom. The zero-order valence-electron chi connectivity index (χ0n) is 11.3. The Labute approximate surface area is 112 Å². The Bertz CT molecular complexity index is 472. The molecular weight excluding hydrogens is 249 g/mol. The molecule has 1 aromatic carbocycles. The van der Waals surface area contributed by atoms with Gasteiger partial charge in [-0.3, -0.25) is 9.59 Å². The van der Waals surface area contributed by atoms with Crippen LogP contribution in [0.5, 0.6) is 0 Å². The lowest BCUT2D eigenvalue weighted by atomic mass is 9.84. The van der Waals surface area contributed by atoms with Gasteiger partial charge in [0.05, 0.1) is 7.11 Å². The van der Waals surface area contributed by atoms with E-state index in [-0.39, 0.29) is 18.8 Å². The van der Waals surface area contributed by atoms with Crippen molar-refractivity contribution in [2.75, 3.05) is 13.7 Å². The first-order chi connectivity index (χ1) is 8.86. The summed E-state index contributed by atoms with van der Waals surface area (Å²) in [5.74, 6) is -1.34. The minimum absolute atomic E-state index is 0.240. The highest BCUT2D eigenvalue weighted by Crippen LogP contribution is 2.24. The number of hydrogen-bond donors (Lipinski definition) is 1. The largest absolute Gasteiger partial charge is 0.469 e. The monoisotopic (exact) mass is 267 g/mol. The van der Waals surface area contributed by atoms with E-state index in [2.05, 4.69) is 10.1 Å². The van der Waals surface area contributed by atoms with E-state index >= 15 is 0 Å². The number of nitrogens with one attached hydrogen (secondary N) is 1. The molecule has 0 bridgehead atoms. The van der Waals surface area contributed by atoms with Crippen LogP contribution in [0, 0.1) is 5.82 Å². The summed E-state index contributed by atoms with van der Waals surface area (Å²) in [5, 5.41) is 2.61. The van der Waals surface area contributed by atoms with Gasteiger partial charge in [-0.25, -0.2) is 4.39 Å². The lowest BCUT2D eigenvalue weighted by Gasteiger charge is -2.26. The van der Waals surface area contributed by atoms with Crippen molar-refractivity contribution in [3.63, 3.8) is 0 Å². The van der Waals surface area contributed by atoms with Gasteiger partial charge in [-0.15, -0.1) is 0 Å². The number of halogens is 1. The van der Waals surface area contributed by atoms with Crippen LogP contribution in [-0.4, -0.2) is 25.5 Å². The SMILES string of the molecule is COC(=O)CC(=O)NCC(C)(C)c1ccccc1F. The Hall–Kier alpha value is -1.91. The van der Waals surface area contributed by atoms with Crippen molar-refractivity contribution in [3.05, 3.63) is 35.6 Å². The van der Waals surface area contributed by atoms with Crippen LogP contribution in [0.3, 0.4) is 0 Å². The van der Waals surface area contributed by atoms with Crippen molar-refractivity contribution in [1.29, 1.82) is 0 Å². The molecule has 0 fully saturated rings. The van der Waals surface area contributed by atoms with Gasteiger partial charge in [0.1, 0.15) is 12.2 Å². The van der Waals surface area contributed by atoms with E-state index in [0.717, 1.165) is 0 Å². The van der Waals surface area contributed by atoms with Crippen molar-refractivity contribution in [3.8, 4) is 0 Å². The maximum Gasteiger partial charge on any atom is 0.315 e. The number of amides is 1. The van der Waals surface area contributed by atoms with Crippen molar-refractivity contribution in [1.82, 2.24) is 5.32 Å². The third-order valence-corrected chi connectivity index (χ3v) is 2.86. The number of carbonyl (C=O) groups is 2. The molecule has 0 radical (unpaired) electrons. The first-order valence-corrected chi connectivity index (χ1v) is 5.95. The molecule has 0 aliphatic carbocycles. The highest BCUT2D eigenvalue weighted by Gasteiger charge is 2.24. The Kier molecular flexibility index (Phi) is 5.03. The molecule has 0 aliphatic rings. The maximum absolute atomic E-state index is 13.7. The van der Waals surface area contributed by atoms with Gasteiger partial charge in [0.15, 0.2) is 0 Å². The molecule has 0 heterocycles. The van der Waals surface area contributed by atoms with E-state index in [1.807, 2.05) is 13.8 Å². The minimum atomic E-state index is -0.596.